The maximum Gasteiger partial charge on any atom is 0.417 e. The minimum Gasteiger partial charge on any atom is -0.360 e. The Morgan fingerprint density at radius 1 is 1.28 bits per heavy atom. The molecular weight excluding hydrogens is 359 g/mol. The number of alkyl halides is 3. The van der Waals surface area contributed by atoms with Gasteiger partial charge in [0.1, 0.15) is 6.73 Å². The van der Waals surface area contributed by atoms with Gasteiger partial charge in [-0.3, -0.25) is 4.72 Å². The van der Waals surface area contributed by atoms with Crippen molar-refractivity contribution in [2.45, 2.75) is 51.3 Å². The van der Waals surface area contributed by atoms with Crippen LogP contribution in [0.5, 0.6) is 0 Å². The molecule has 1 fully saturated rings. The van der Waals surface area contributed by atoms with E-state index in [9.17, 15) is 21.6 Å². The Balaban J connectivity index is 2.12. The lowest BCUT2D eigenvalue weighted by Crippen LogP contribution is -2.22. The van der Waals surface area contributed by atoms with E-state index in [1.165, 1.54) is 6.92 Å². The van der Waals surface area contributed by atoms with Gasteiger partial charge in [0.2, 0.25) is 10.0 Å². The molecule has 2 rings (SSSR count). The van der Waals surface area contributed by atoms with Crippen LogP contribution in [-0.2, 0) is 20.9 Å². The van der Waals surface area contributed by atoms with E-state index in [0.717, 1.165) is 38.2 Å². The third-order valence-corrected chi connectivity index (χ3v) is 5.25. The Hall–Kier alpha value is -1.55. The first-order valence-corrected chi connectivity index (χ1v) is 9.79. The summed E-state index contributed by atoms with van der Waals surface area (Å²) in [4.78, 5) is 3.62. The molecule has 0 aliphatic heterocycles. The van der Waals surface area contributed by atoms with Crippen LogP contribution in [0.3, 0.4) is 0 Å². The maximum atomic E-state index is 12.9. The highest BCUT2D eigenvalue weighted by Crippen LogP contribution is 2.33. The van der Waals surface area contributed by atoms with Crippen LogP contribution in [0.1, 0.15) is 44.6 Å². The second-order valence-corrected chi connectivity index (χ2v) is 7.88. The first-order valence-electron chi connectivity index (χ1n) is 8.14. The lowest BCUT2D eigenvalue weighted by atomic mass is 9.98. The van der Waals surface area contributed by atoms with Gasteiger partial charge in [-0.25, -0.2) is 13.4 Å². The van der Waals surface area contributed by atoms with E-state index in [-0.39, 0.29) is 30.1 Å². The SMILES string of the molecule is CCS(=O)(=O)Nc1ncc(C(F)(F)F)cc1NCOC1CCCCC1. The molecule has 25 heavy (non-hydrogen) atoms. The third kappa shape index (κ3) is 6.03. The lowest BCUT2D eigenvalue weighted by Gasteiger charge is -2.23. The van der Waals surface area contributed by atoms with Gasteiger partial charge < -0.3 is 10.1 Å². The van der Waals surface area contributed by atoms with Gasteiger partial charge in [0.25, 0.3) is 0 Å². The molecule has 0 radical (unpaired) electrons. The van der Waals surface area contributed by atoms with E-state index in [1.54, 1.807) is 0 Å². The number of aromatic nitrogens is 1. The van der Waals surface area contributed by atoms with Crippen molar-refractivity contribution >= 4 is 21.5 Å². The molecule has 0 unspecified atom stereocenters. The summed E-state index contributed by atoms with van der Waals surface area (Å²) >= 11 is 0. The minimum atomic E-state index is -4.57. The molecule has 0 atom stereocenters. The van der Waals surface area contributed by atoms with Gasteiger partial charge in [-0.1, -0.05) is 19.3 Å². The summed E-state index contributed by atoms with van der Waals surface area (Å²) in [5.74, 6) is -0.393. The number of ether oxygens (including phenoxy) is 1. The molecular formula is C15H22F3N3O3S. The number of sulfonamides is 1. The molecule has 0 bridgehead atoms. The molecule has 0 amide bonds. The smallest absolute Gasteiger partial charge is 0.360 e. The summed E-state index contributed by atoms with van der Waals surface area (Å²) in [5, 5.41) is 2.71. The zero-order valence-electron chi connectivity index (χ0n) is 13.9. The average molecular weight is 381 g/mol. The number of halogens is 3. The van der Waals surface area contributed by atoms with Gasteiger partial charge in [0.15, 0.2) is 5.82 Å². The number of nitrogens with one attached hydrogen (secondary N) is 2. The molecule has 6 nitrogen and oxygen atoms in total. The molecule has 2 N–H and O–H groups in total. The van der Waals surface area contributed by atoms with Crippen molar-refractivity contribution < 1.29 is 26.3 Å². The molecule has 1 aliphatic rings. The van der Waals surface area contributed by atoms with Crippen LogP contribution < -0.4 is 10.0 Å². The Morgan fingerprint density at radius 3 is 2.56 bits per heavy atom. The Bertz CT molecular complexity index is 674. The molecule has 0 aromatic carbocycles. The predicted octanol–water partition coefficient (Wildman–Crippen LogP) is 3.58. The van der Waals surface area contributed by atoms with Crippen LogP contribution in [0.15, 0.2) is 12.3 Å². The summed E-state index contributed by atoms with van der Waals surface area (Å²) in [6.07, 6.45) is 1.21. The number of rotatable bonds is 7. The Labute approximate surface area is 145 Å². The second-order valence-electron chi connectivity index (χ2n) is 5.87. The normalized spacial score (nSPS) is 16.6. The summed E-state index contributed by atoms with van der Waals surface area (Å²) < 4.78 is 69.8. The number of nitrogens with zero attached hydrogens (tertiary/aromatic N) is 1. The predicted molar refractivity (Wildman–Crippen MR) is 88.8 cm³/mol. The molecule has 0 spiro atoms. The summed E-state index contributed by atoms with van der Waals surface area (Å²) in [6.45, 7) is 1.40. The van der Waals surface area contributed by atoms with Crippen LogP contribution in [0.25, 0.3) is 0 Å². The third-order valence-electron chi connectivity index (χ3n) is 3.98. The van der Waals surface area contributed by atoms with E-state index in [0.29, 0.717) is 6.20 Å². The summed E-state index contributed by atoms with van der Waals surface area (Å²) in [5.41, 5.74) is -1.03. The maximum absolute atomic E-state index is 12.9. The van der Waals surface area contributed by atoms with Crippen molar-refractivity contribution in [2.75, 3.05) is 22.5 Å². The fourth-order valence-electron chi connectivity index (χ4n) is 2.52. The summed E-state index contributed by atoms with van der Waals surface area (Å²) in [6, 6.07) is 0.824. The number of hydrogen-bond acceptors (Lipinski definition) is 5. The quantitative estimate of drug-likeness (QED) is 0.706. The molecule has 1 aliphatic carbocycles. The van der Waals surface area contributed by atoms with Gasteiger partial charge in [-0.05, 0) is 25.8 Å². The van der Waals surface area contributed by atoms with Crippen molar-refractivity contribution in [3.8, 4) is 0 Å². The Morgan fingerprint density at radius 2 is 1.96 bits per heavy atom. The van der Waals surface area contributed by atoms with Crippen LogP contribution >= 0.6 is 0 Å². The highest BCUT2D eigenvalue weighted by Gasteiger charge is 2.32. The topological polar surface area (TPSA) is 80.3 Å². The average Bonchev–Trinajstić information content (AvgIpc) is 2.56. The monoisotopic (exact) mass is 381 g/mol. The molecule has 1 aromatic heterocycles. The zero-order valence-corrected chi connectivity index (χ0v) is 14.7. The van der Waals surface area contributed by atoms with E-state index in [4.69, 9.17) is 4.74 Å². The second kappa shape index (κ2) is 8.22. The number of pyridine rings is 1. The van der Waals surface area contributed by atoms with E-state index in [2.05, 4.69) is 15.0 Å². The van der Waals surface area contributed by atoms with Crippen LogP contribution in [0.2, 0.25) is 0 Å². The van der Waals surface area contributed by atoms with Gasteiger partial charge in [0.05, 0.1) is 23.1 Å². The van der Waals surface area contributed by atoms with Gasteiger partial charge in [0, 0.05) is 6.20 Å². The van der Waals surface area contributed by atoms with E-state index < -0.39 is 21.8 Å². The lowest BCUT2D eigenvalue weighted by molar-refractivity contribution is -0.137. The minimum absolute atomic E-state index is 0.0193. The van der Waals surface area contributed by atoms with Crippen molar-refractivity contribution in [1.82, 2.24) is 4.98 Å². The van der Waals surface area contributed by atoms with Crippen LogP contribution in [0, 0.1) is 0 Å². The summed E-state index contributed by atoms with van der Waals surface area (Å²) in [7, 11) is -3.66. The van der Waals surface area contributed by atoms with Crippen LogP contribution in [0.4, 0.5) is 24.7 Å². The van der Waals surface area contributed by atoms with Gasteiger partial charge in [-0.15, -0.1) is 0 Å². The van der Waals surface area contributed by atoms with Gasteiger partial charge >= 0.3 is 6.18 Å². The van der Waals surface area contributed by atoms with Crippen molar-refractivity contribution in [3.05, 3.63) is 17.8 Å². The number of anilines is 2. The van der Waals surface area contributed by atoms with E-state index in [1.807, 2.05) is 0 Å². The highest BCUT2D eigenvalue weighted by molar-refractivity contribution is 7.92. The van der Waals surface area contributed by atoms with Crippen molar-refractivity contribution in [3.63, 3.8) is 0 Å². The Kier molecular flexibility index (Phi) is 6.50. The van der Waals surface area contributed by atoms with Crippen molar-refractivity contribution in [1.29, 1.82) is 0 Å². The molecule has 0 saturated heterocycles. The molecule has 1 aromatic rings. The first kappa shape index (κ1) is 19.8. The van der Waals surface area contributed by atoms with Crippen molar-refractivity contribution in [2.24, 2.45) is 0 Å². The fraction of sp³-hybridized carbons (Fsp3) is 0.667. The van der Waals surface area contributed by atoms with Crippen LogP contribution in [-0.4, -0.2) is 32.0 Å². The highest BCUT2D eigenvalue weighted by atomic mass is 32.2. The molecule has 10 heteroatoms. The number of hydrogen-bond donors (Lipinski definition) is 2. The van der Waals surface area contributed by atoms with E-state index >= 15 is 0 Å². The largest absolute Gasteiger partial charge is 0.417 e. The molecule has 1 saturated carbocycles. The molecule has 1 heterocycles. The first-order chi connectivity index (χ1) is 11.7. The molecule has 142 valence electrons. The zero-order chi connectivity index (χ0) is 18.5. The van der Waals surface area contributed by atoms with Gasteiger partial charge in [-0.2, -0.15) is 13.2 Å². The fourth-order valence-corrected chi connectivity index (χ4v) is 3.13. The standard InChI is InChI=1S/C15H22F3N3O3S/c1-2-25(22,23)21-14-13(8-11(9-19-14)15(16,17)18)20-10-24-12-6-4-3-5-7-12/h8-9,12,20H,2-7,10H2,1H3,(H,19,21).